The van der Waals surface area contributed by atoms with Crippen LogP contribution in [0, 0.1) is 0 Å². The molecule has 0 heterocycles. The van der Waals surface area contributed by atoms with Crippen molar-refractivity contribution in [3.05, 3.63) is 29.8 Å². The van der Waals surface area contributed by atoms with Crippen LogP contribution in [0.4, 0.5) is 5.69 Å². The quantitative estimate of drug-likeness (QED) is 0.780. The summed E-state index contributed by atoms with van der Waals surface area (Å²) in [6, 6.07) is 7.54. The smallest absolute Gasteiger partial charge is 0.338 e. The van der Waals surface area contributed by atoms with Crippen molar-refractivity contribution in [2.75, 3.05) is 24.6 Å². The van der Waals surface area contributed by atoms with Crippen LogP contribution in [0.1, 0.15) is 37.0 Å². The van der Waals surface area contributed by atoms with Crippen molar-refractivity contribution in [2.45, 2.75) is 32.7 Å². The molecule has 1 fully saturated rings. The van der Waals surface area contributed by atoms with Gasteiger partial charge in [0.1, 0.15) is 0 Å². The van der Waals surface area contributed by atoms with E-state index in [9.17, 15) is 9.59 Å². The highest BCUT2D eigenvalue weighted by molar-refractivity contribution is 5.91. The van der Waals surface area contributed by atoms with Crippen LogP contribution < -0.4 is 10.2 Å². The van der Waals surface area contributed by atoms with Gasteiger partial charge in [0, 0.05) is 24.8 Å². The maximum absolute atomic E-state index is 11.9. The molecule has 1 aliphatic rings. The highest BCUT2D eigenvalue weighted by Crippen LogP contribution is 2.18. The molecule has 0 spiro atoms. The number of hydrogen-bond acceptors (Lipinski definition) is 4. The lowest BCUT2D eigenvalue weighted by molar-refractivity contribution is -0.124. The van der Waals surface area contributed by atoms with Crippen molar-refractivity contribution in [1.82, 2.24) is 5.32 Å². The third-order valence-corrected chi connectivity index (χ3v) is 3.51. The van der Waals surface area contributed by atoms with Crippen LogP contribution in [0.15, 0.2) is 24.3 Å². The number of hydrogen-bond donors (Lipinski definition) is 1. The topological polar surface area (TPSA) is 58.6 Å². The summed E-state index contributed by atoms with van der Waals surface area (Å²) in [5.74, 6) is -0.697. The Labute approximate surface area is 125 Å². The first-order valence-corrected chi connectivity index (χ1v) is 7.45. The van der Waals surface area contributed by atoms with E-state index in [1.54, 1.807) is 12.1 Å². The molecule has 1 aliphatic carbocycles. The van der Waals surface area contributed by atoms with Gasteiger partial charge in [-0.2, -0.15) is 0 Å². The van der Waals surface area contributed by atoms with Gasteiger partial charge in [0.15, 0.2) is 6.61 Å². The van der Waals surface area contributed by atoms with Gasteiger partial charge in [0.2, 0.25) is 0 Å². The van der Waals surface area contributed by atoms with Gasteiger partial charge in [0.05, 0.1) is 5.56 Å². The predicted molar refractivity (Wildman–Crippen MR) is 81.5 cm³/mol. The van der Waals surface area contributed by atoms with Gasteiger partial charge < -0.3 is 15.0 Å². The van der Waals surface area contributed by atoms with Crippen molar-refractivity contribution in [3.63, 3.8) is 0 Å². The number of carbonyl (C=O) groups excluding carboxylic acids is 2. The highest BCUT2D eigenvalue weighted by atomic mass is 16.5. The normalized spacial score (nSPS) is 13.6. The van der Waals surface area contributed by atoms with Gasteiger partial charge in [0.25, 0.3) is 5.91 Å². The minimum atomic E-state index is -0.466. The average molecular weight is 290 g/mol. The number of rotatable bonds is 7. The van der Waals surface area contributed by atoms with Crippen LogP contribution in [-0.2, 0) is 9.53 Å². The standard InChI is InChI=1S/C16H22N2O3/c1-3-18(4-2)14-9-5-12(6-10-14)16(20)21-11-15(19)17-13-7-8-13/h5-6,9-10,13H,3-4,7-8,11H2,1-2H3,(H,17,19). The summed E-state index contributed by atoms with van der Waals surface area (Å²) in [4.78, 5) is 25.5. The fourth-order valence-corrected chi connectivity index (χ4v) is 2.11. The molecule has 1 saturated carbocycles. The summed E-state index contributed by atoms with van der Waals surface area (Å²) in [6.07, 6.45) is 2.04. The Kier molecular flexibility index (Phi) is 5.20. The van der Waals surface area contributed by atoms with E-state index in [4.69, 9.17) is 4.74 Å². The predicted octanol–water partition coefficient (Wildman–Crippen LogP) is 1.97. The van der Waals surface area contributed by atoms with Crippen LogP contribution >= 0.6 is 0 Å². The molecule has 1 aromatic rings. The van der Waals surface area contributed by atoms with Gasteiger partial charge in [-0.1, -0.05) is 0 Å². The molecule has 1 amide bonds. The van der Waals surface area contributed by atoms with Crippen LogP contribution in [-0.4, -0.2) is 37.6 Å². The summed E-state index contributed by atoms with van der Waals surface area (Å²) in [5, 5.41) is 2.78. The van der Waals surface area contributed by atoms with Gasteiger partial charge in [-0.3, -0.25) is 4.79 Å². The Bertz CT molecular complexity index is 491. The van der Waals surface area contributed by atoms with Gasteiger partial charge in [-0.05, 0) is 51.0 Å². The molecule has 5 heteroatoms. The Balaban J connectivity index is 1.85. The van der Waals surface area contributed by atoms with E-state index < -0.39 is 5.97 Å². The molecular formula is C16H22N2O3. The molecule has 114 valence electrons. The van der Waals surface area contributed by atoms with Crippen molar-refractivity contribution in [1.29, 1.82) is 0 Å². The number of anilines is 1. The van der Waals surface area contributed by atoms with Gasteiger partial charge >= 0.3 is 5.97 Å². The molecule has 1 aromatic carbocycles. The van der Waals surface area contributed by atoms with Crippen LogP contribution in [0.2, 0.25) is 0 Å². The third-order valence-electron chi connectivity index (χ3n) is 3.51. The zero-order chi connectivity index (χ0) is 15.2. The minimum absolute atomic E-state index is 0.215. The number of amides is 1. The second-order valence-corrected chi connectivity index (χ2v) is 5.14. The third kappa shape index (κ3) is 4.48. The number of nitrogens with one attached hydrogen (secondary N) is 1. The first kappa shape index (κ1) is 15.4. The lowest BCUT2D eigenvalue weighted by atomic mass is 10.2. The molecule has 1 N–H and O–H groups in total. The fraction of sp³-hybridized carbons (Fsp3) is 0.500. The largest absolute Gasteiger partial charge is 0.452 e. The first-order chi connectivity index (χ1) is 10.1. The number of carbonyl (C=O) groups is 2. The number of benzene rings is 1. The molecule has 0 bridgehead atoms. The Morgan fingerprint density at radius 1 is 1.19 bits per heavy atom. The maximum Gasteiger partial charge on any atom is 0.338 e. The van der Waals surface area contributed by atoms with Gasteiger partial charge in [-0.25, -0.2) is 4.79 Å². The lowest BCUT2D eigenvalue weighted by Crippen LogP contribution is -2.30. The van der Waals surface area contributed by atoms with Crippen molar-refractivity contribution < 1.29 is 14.3 Å². The highest BCUT2D eigenvalue weighted by Gasteiger charge is 2.23. The van der Waals surface area contributed by atoms with E-state index in [1.165, 1.54) is 0 Å². The molecular weight excluding hydrogens is 268 g/mol. The first-order valence-electron chi connectivity index (χ1n) is 7.45. The Morgan fingerprint density at radius 2 is 1.81 bits per heavy atom. The van der Waals surface area contributed by atoms with Crippen molar-refractivity contribution in [2.24, 2.45) is 0 Å². The molecule has 5 nitrogen and oxygen atoms in total. The Morgan fingerprint density at radius 3 is 2.33 bits per heavy atom. The van der Waals surface area contributed by atoms with Gasteiger partial charge in [-0.15, -0.1) is 0 Å². The summed E-state index contributed by atoms with van der Waals surface area (Å²) >= 11 is 0. The fourth-order valence-electron chi connectivity index (χ4n) is 2.11. The van der Waals surface area contributed by atoms with Crippen molar-refractivity contribution >= 4 is 17.6 Å². The monoisotopic (exact) mass is 290 g/mol. The van der Waals surface area contributed by atoms with E-state index in [2.05, 4.69) is 24.1 Å². The number of ether oxygens (including phenoxy) is 1. The van der Waals surface area contributed by atoms with Crippen LogP contribution in [0.25, 0.3) is 0 Å². The van der Waals surface area contributed by atoms with E-state index in [1.807, 2.05) is 12.1 Å². The van der Waals surface area contributed by atoms with Crippen molar-refractivity contribution in [3.8, 4) is 0 Å². The molecule has 0 aliphatic heterocycles. The molecule has 2 rings (SSSR count). The Hall–Kier alpha value is -2.04. The number of esters is 1. The second-order valence-electron chi connectivity index (χ2n) is 5.14. The molecule has 0 radical (unpaired) electrons. The lowest BCUT2D eigenvalue weighted by Gasteiger charge is -2.20. The summed E-state index contributed by atoms with van der Waals surface area (Å²) in [7, 11) is 0. The zero-order valence-electron chi connectivity index (χ0n) is 12.6. The summed E-state index contributed by atoms with van der Waals surface area (Å²) in [6.45, 7) is 5.80. The second kappa shape index (κ2) is 7.11. The van der Waals surface area contributed by atoms with Crippen LogP contribution in [0.5, 0.6) is 0 Å². The zero-order valence-corrected chi connectivity index (χ0v) is 12.6. The van der Waals surface area contributed by atoms with E-state index >= 15 is 0 Å². The molecule has 0 saturated heterocycles. The van der Waals surface area contributed by atoms with E-state index in [-0.39, 0.29) is 18.6 Å². The summed E-state index contributed by atoms with van der Waals surface area (Å²) < 4.78 is 5.01. The number of nitrogens with zero attached hydrogens (tertiary/aromatic N) is 1. The van der Waals surface area contributed by atoms with E-state index in [0.717, 1.165) is 31.6 Å². The molecule has 0 unspecified atom stereocenters. The molecule has 21 heavy (non-hydrogen) atoms. The maximum atomic E-state index is 11.9. The minimum Gasteiger partial charge on any atom is -0.452 e. The molecule has 0 aromatic heterocycles. The summed E-state index contributed by atoms with van der Waals surface area (Å²) in [5.41, 5.74) is 1.54. The SMILES string of the molecule is CCN(CC)c1ccc(C(=O)OCC(=O)NC2CC2)cc1. The van der Waals surface area contributed by atoms with E-state index in [0.29, 0.717) is 5.56 Å². The molecule has 0 atom stereocenters. The average Bonchev–Trinajstić information content (AvgIpc) is 3.31. The van der Waals surface area contributed by atoms with Crippen LogP contribution in [0.3, 0.4) is 0 Å².